The number of hydrogen-bond acceptors (Lipinski definition) is 6. The van der Waals surface area contributed by atoms with Crippen LogP contribution in [0.25, 0.3) is 11.5 Å². The first-order valence-electron chi connectivity index (χ1n) is 9.28. The average Bonchev–Trinajstić information content (AvgIpc) is 3.32. The Labute approximate surface area is 196 Å². The minimum atomic E-state index is -0.921. The molecule has 2 aromatic carbocycles. The molecule has 0 aliphatic rings. The summed E-state index contributed by atoms with van der Waals surface area (Å²) in [5, 5.41) is 12.1. The maximum absolute atomic E-state index is 14.8. The Balaban J connectivity index is 1.56. The van der Waals surface area contributed by atoms with Gasteiger partial charge in [0.05, 0.1) is 16.9 Å². The number of carbonyl (C=O) groups is 1. The normalized spacial score (nSPS) is 11.0. The smallest absolute Gasteiger partial charge is 0.340 e. The summed E-state index contributed by atoms with van der Waals surface area (Å²) in [6.45, 7) is 0. The van der Waals surface area contributed by atoms with Crippen LogP contribution in [0.2, 0.25) is 10.0 Å². The van der Waals surface area contributed by atoms with Crippen molar-refractivity contribution in [2.75, 3.05) is 5.01 Å². The second-order valence-electron chi connectivity index (χ2n) is 6.49. The Kier molecular flexibility index (Phi) is 6.48. The van der Waals surface area contributed by atoms with E-state index in [-0.39, 0.29) is 11.4 Å². The minimum Gasteiger partial charge on any atom is -0.454 e. The minimum absolute atomic E-state index is 0.0809. The highest BCUT2D eigenvalue weighted by molar-refractivity contribution is 6.36. The number of hydrogen-bond donors (Lipinski definition) is 2. The maximum Gasteiger partial charge on any atom is 0.340 e. The highest BCUT2D eigenvalue weighted by Crippen LogP contribution is 2.29. The fourth-order valence-electron chi connectivity index (χ4n) is 2.74. The number of urea groups is 1. The van der Waals surface area contributed by atoms with Crippen molar-refractivity contribution in [2.45, 2.75) is 0 Å². The molecule has 2 amide bonds. The topological polar surface area (TPSA) is 122 Å². The van der Waals surface area contributed by atoms with Gasteiger partial charge in [-0.25, -0.2) is 14.2 Å². The molecule has 0 unspecified atom stereocenters. The standard InChI is InChI=1S/C21H14Cl2FN7O2/c22-13-2-1-12(16(23)7-13)10-29-31(21(25)32)14-3-4-19(17(24)8-14)33-15-5-6-26-18(9-15)20-27-11-28-30-20/h1-11H,(H2,25,32)(H,27,28,30)/b29-10+. The molecular formula is C21H14Cl2FN7O2. The number of hydrazone groups is 1. The van der Waals surface area contributed by atoms with Gasteiger partial charge in [0.25, 0.3) is 0 Å². The lowest BCUT2D eigenvalue weighted by Crippen LogP contribution is -2.31. The number of nitrogens with one attached hydrogen (secondary N) is 1. The van der Waals surface area contributed by atoms with Crippen LogP contribution in [0.5, 0.6) is 11.5 Å². The highest BCUT2D eigenvalue weighted by Gasteiger charge is 2.15. The molecule has 0 saturated carbocycles. The van der Waals surface area contributed by atoms with Gasteiger partial charge in [0.15, 0.2) is 17.4 Å². The number of amides is 2. The van der Waals surface area contributed by atoms with Gasteiger partial charge in [0, 0.05) is 28.9 Å². The van der Waals surface area contributed by atoms with E-state index in [0.29, 0.717) is 32.9 Å². The lowest BCUT2D eigenvalue weighted by molar-refractivity contribution is 0.254. The maximum atomic E-state index is 14.8. The molecular weight excluding hydrogens is 472 g/mol. The number of anilines is 1. The molecule has 0 atom stereocenters. The van der Waals surface area contributed by atoms with Crippen LogP contribution in [0, 0.1) is 5.82 Å². The zero-order valence-electron chi connectivity index (χ0n) is 16.6. The number of pyridine rings is 1. The largest absolute Gasteiger partial charge is 0.454 e. The quantitative estimate of drug-likeness (QED) is 0.293. The van der Waals surface area contributed by atoms with Crippen molar-refractivity contribution >= 4 is 41.1 Å². The van der Waals surface area contributed by atoms with E-state index in [1.807, 2.05) is 0 Å². The number of ether oxygens (including phenoxy) is 1. The summed E-state index contributed by atoms with van der Waals surface area (Å²) in [6.07, 6.45) is 4.15. The Morgan fingerprint density at radius 3 is 2.70 bits per heavy atom. The van der Waals surface area contributed by atoms with Gasteiger partial charge in [-0.1, -0.05) is 29.3 Å². The second-order valence-corrected chi connectivity index (χ2v) is 7.33. The number of rotatable bonds is 6. The van der Waals surface area contributed by atoms with E-state index < -0.39 is 11.8 Å². The number of primary amides is 1. The zero-order valence-corrected chi connectivity index (χ0v) is 18.1. The highest BCUT2D eigenvalue weighted by atomic mass is 35.5. The van der Waals surface area contributed by atoms with Crippen molar-refractivity contribution in [3.63, 3.8) is 0 Å². The van der Waals surface area contributed by atoms with Gasteiger partial charge >= 0.3 is 6.03 Å². The summed E-state index contributed by atoms with van der Waals surface area (Å²) in [7, 11) is 0. The van der Waals surface area contributed by atoms with Gasteiger partial charge < -0.3 is 10.5 Å². The Bertz CT molecular complexity index is 1330. The van der Waals surface area contributed by atoms with Gasteiger partial charge in [-0.3, -0.25) is 10.1 Å². The van der Waals surface area contributed by atoms with E-state index in [9.17, 15) is 9.18 Å². The van der Waals surface area contributed by atoms with Crippen LogP contribution in [0.4, 0.5) is 14.9 Å². The molecule has 3 N–H and O–H groups in total. The summed E-state index contributed by atoms with van der Waals surface area (Å²) < 4.78 is 20.4. The fourth-order valence-corrected chi connectivity index (χ4v) is 3.20. The lowest BCUT2D eigenvalue weighted by atomic mass is 10.2. The number of carbonyl (C=O) groups excluding carboxylic acids is 1. The number of aromatic amines is 1. The van der Waals surface area contributed by atoms with Crippen LogP contribution >= 0.6 is 23.2 Å². The fraction of sp³-hybridized carbons (Fsp3) is 0. The average molecular weight is 486 g/mol. The molecule has 4 aromatic rings. The van der Waals surface area contributed by atoms with E-state index in [4.69, 9.17) is 33.7 Å². The Hall–Kier alpha value is -4.02. The molecule has 33 heavy (non-hydrogen) atoms. The van der Waals surface area contributed by atoms with Crippen LogP contribution in [0.1, 0.15) is 5.56 Å². The van der Waals surface area contributed by atoms with Gasteiger partial charge in [0.2, 0.25) is 0 Å². The van der Waals surface area contributed by atoms with Gasteiger partial charge in [0.1, 0.15) is 17.8 Å². The third-order valence-corrected chi connectivity index (χ3v) is 4.82. The molecule has 12 heteroatoms. The number of halogens is 3. The van der Waals surface area contributed by atoms with Gasteiger partial charge in [-0.2, -0.15) is 15.2 Å². The predicted octanol–water partition coefficient (Wildman–Crippen LogP) is 5.02. The van der Waals surface area contributed by atoms with E-state index in [2.05, 4.69) is 25.3 Å². The molecule has 0 spiro atoms. The van der Waals surface area contributed by atoms with E-state index >= 15 is 0 Å². The summed E-state index contributed by atoms with van der Waals surface area (Å²) in [4.78, 5) is 20.1. The molecule has 0 aliphatic heterocycles. The van der Waals surface area contributed by atoms with Crippen molar-refractivity contribution in [1.82, 2.24) is 20.2 Å². The van der Waals surface area contributed by atoms with Crippen LogP contribution in [0.15, 0.2) is 66.2 Å². The molecule has 166 valence electrons. The number of H-pyrrole nitrogens is 1. The molecule has 2 heterocycles. The third kappa shape index (κ3) is 5.25. The van der Waals surface area contributed by atoms with Gasteiger partial charge in [-0.15, -0.1) is 0 Å². The summed E-state index contributed by atoms with van der Waals surface area (Å²) in [5.74, 6) is -0.0589. The summed E-state index contributed by atoms with van der Waals surface area (Å²) >= 11 is 12.0. The Morgan fingerprint density at radius 2 is 2.00 bits per heavy atom. The summed E-state index contributed by atoms with van der Waals surface area (Å²) in [5.41, 5.74) is 6.47. The molecule has 9 nitrogen and oxygen atoms in total. The van der Waals surface area contributed by atoms with Crippen molar-refractivity contribution in [3.05, 3.63) is 82.5 Å². The first-order chi connectivity index (χ1) is 15.9. The van der Waals surface area contributed by atoms with Crippen LogP contribution in [-0.2, 0) is 0 Å². The van der Waals surface area contributed by atoms with Gasteiger partial charge in [-0.05, 0) is 30.3 Å². The molecule has 2 aromatic heterocycles. The SMILES string of the molecule is NC(=O)N(/N=C/c1ccc(Cl)cc1Cl)c1ccc(Oc2ccnc(-c3ncn[nH]3)c2)c(F)c1. The third-order valence-electron chi connectivity index (χ3n) is 4.26. The molecule has 0 aliphatic carbocycles. The van der Waals surface area contributed by atoms with Crippen molar-refractivity contribution in [2.24, 2.45) is 10.8 Å². The molecule has 0 bridgehead atoms. The number of nitrogens with two attached hydrogens (primary N) is 1. The van der Waals surface area contributed by atoms with Crippen LogP contribution in [-0.4, -0.2) is 32.4 Å². The molecule has 0 saturated heterocycles. The van der Waals surface area contributed by atoms with E-state index in [1.54, 1.807) is 24.3 Å². The monoisotopic (exact) mass is 485 g/mol. The number of benzene rings is 2. The lowest BCUT2D eigenvalue weighted by Gasteiger charge is -2.16. The van der Waals surface area contributed by atoms with Crippen LogP contribution < -0.4 is 15.5 Å². The molecule has 0 radical (unpaired) electrons. The van der Waals surface area contributed by atoms with Crippen LogP contribution in [0.3, 0.4) is 0 Å². The number of nitrogens with zero attached hydrogens (tertiary/aromatic N) is 5. The summed E-state index contributed by atoms with van der Waals surface area (Å²) in [6, 6.07) is 10.8. The van der Waals surface area contributed by atoms with Crippen molar-refractivity contribution < 1.29 is 13.9 Å². The second kappa shape index (κ2) is 9.63. The molecule has 4 rings (SSSR count). The van der Waals surface area contributed by atoms with Crippen molar-refractivity contribution in [3.8, 4) is 23.0 Å². The van der Waals surface area contributed by atoms with E-state index in [1.165, 1.54) is 36.9 Å². The first-order valence-corrected chi connectivity index (χ1v) is 10.0. The van der Waals surface area contributed by atoms with Crippen molar-refractivity contribution in [1.29, 1.82) is 0 Å². The molecule has 0 fully saturated rings. The Morgan fingerprint density at radius 1 is 1.15 bits per heavy atom. The first kappa shape index (κ1) is 22.2. The zero-order chi connectivity index (χ0) is 23.4. The predicted molar refractivity (Wildman–Crippen MR) is 122 cm³/mol. The number of aromatic nitrogens is 4. The van der Waals surface area contributed by atoms with E-state index in [0.717, 1.165) is 11.1 Å².